The summed E-state index contributed by atoms with van der Waals surface area (Å²) in [5, 5.41) is 4.65. The fourth-order valence-electron chi connectivity index (χ4n) is 4.13. The number of hydrogen-bond donors (Lipinski definition) is 0. The van der Waals surface area contributed by atoms with E-state index in [1.807, 2.05) is 35.7 Å². The molecule has 1 aliphatic heterocycles. The molecular formula is C20H26N4O2. The van der Waals surface area contributed by atoms with Gasteiger partial charge in [-0.15, -0.1) is 0 Å². The van der Waals surface area contributed by atoms with Crippen molar-refractivity contribution in [3.8, 4) is 5.88 Å². The van der Waals surface area contributed by atoms with Crippen LogP contribution in [0, 0.1) is 12.8 Å². The molecule has 1 fully saturated rings. The molecule has 3 heterocycles. The minimum absolute atomic E-state index is 0.226. The van der Waals surface area contributed by atoms with E-state index in [9.17, 15) is 4.79 Å². The number of nitrogens with zero attached hydrogens (tertiary/aromatic N) is 4. The number of aryl methyl sites for hydroxylation is 2. The molecule has 6 heteroatoms. The van der Waals surface area contributed by atoms with Crippen LogP contribution in [0.25, 0.3) is 0 Å². The number of fused-ring (bicyclic) bond motifs is 1. The maximum Gasteiger partial charge on any atom is 0.225 e. The van der Waals surface area contributed by atoms with E-state index in [1.165, 1.54) is 18.5 Å². The molecule has 0 aromatic carbocycles. The van der Waals surface area contributed by atoms with Crippen LogP contribution in [-0.4, -0.2) is 32.1 Å². The second kappa shape index (κ2) is 7.09. The molecule has 0 atom stereocenters. The fourth-order valence-corrected chi connectivity index (χ4v) is 4.13. The van der Waals surface area contributed by atoms with Gasteiger partial charge in [-0.2, -0.15) is 5.10 Å². The van der Waals surface area contributed by atoms with Crippen molar-refractivity contribution in [2.45, 2.75) is 52.2 Å². The van der Waals surface area contributed by atoms with Gasteiger partial charge >= 0.3 is 0 Å². The van der Waals surface area contributed by atoms with Crippen LogP contribution < -0.4 is 4.74 Å². The third-order valence-corrected chi connectivity index (χ3v) is 5.59. The van der Waals surface area contributed by atoms with E-state index in [4.69, 9.17) is 4.74 Å². The lowest BCUT2D eigenvalue weighted by Gasteiger charge is -2.30. The summed E-state index contributed by atoms with van der Waals surface area (Å²) in [5.41, 5.74) is 4.40. The Labute approximate surface area is 154 Å². The molecule has 138 valence electrons. The highest BCUT2D eigenvalue weighted by Gasteiger charge is 2.31. The van der Waals surface area contributed by atoms with E-state index in [1.54, 1.807) is 6.20 Å². The summed E-state index contributed by atoms with van der Waals surface area (Å²) in [5.74, 6) is 1.16. The maximum atomic E-state index is 12.8. The standard InChI is InChI=1S/C20H26N4O2/c1-14-7-9-21-19(11-14)26-13-17-16-12-24(10-8-18(16)23(2)22-17)20(25)15-5-3-4-6-15/h7,9,11,15H,3-6,8,10,12-13H2,1-2H3. The lowest BCUT2D eigenvalue weighted by atomic mass is 10.0. The molecule has 1 amide bonds. The van der Waals surface area contributed by atoms with Crippen LogP contribution in [0.1, 0.15) is 48.2 Å². The quantitative estimate of drug-likeness (QED) is 0.847. The van der Waals surface area contributed by atoms with Crippen molar-refractivity contribution < 1.29 is 9.53 Å². The molecule has 2 aliphatic rings. The lowest BCUT2D eigenvalue weighted by Crippen LogP contribution is -2.39. The Morgan fingerprint density at radius 3 is 2.92 bits per heavy atom. The molecule has 1 aliphatic carbocycles. The predicted molar refractivity (Wildman–Crippen MR) is 97.6 cm³/mol. The first-order valence-corrected chi connectivity index (χ1v) is 9.49. The number of carbonyl (C=O) groups excluding carboxylic acids is 1. The summed E-state index contributed by atoms with van der Waals surface area (Å²) in [6.45, 7) is 3.84. The van der Waals surface area contributed by atoms with Crippen LogP contribution in [0.2, 0.25) is 0 Å². The van der Waals surface area contributed by atoms with Crippen LogP contribution in [0.4, 0.5) is 0 Å². The van der Waals surface area contributed by atoms with Crippen molar-refractivity contribution in [3.05, 3.63) is 40.8 Å². The zero-order chi connectivity index (χ0) is 18.1. The van der Waals surface area contributed by atoms with Crippen molar-refractivity contribution in [2.24, 2.45) is 13.0 Å². The molecular weight excluding hydrogens is 328 g/mol. The Balaban J connectivity index is 1.49. The minimum Gasteiger partial charge on any atom is -0.471 e. The molecule has 0 spiro atoms. The van der Waals surface area contributed by atoms with Crippen molar-refractivity contribution >= 4 is 5.91 Å². The van der Waals surface area contributed by atoms with Crippen molar-refractivity contribution in [1.82, 2.24) is 19.7 Å². The predicted octanol–water partition coefficient (Wildman–Crippen LogP) is 2.78. The normalized spacial score (nSPS) is 17.4. The molecule has 6 nitrogen and oxygen atoms in total. The number of carbonyl (C=O) groups is 1. The van der Waals surface area contributed by atoms with Gasteiger partial charge in [-0.05, 0) is 31.4 Å². The summed E-state index contributed by atoms with van der Waals surface area (Å²) in [4.78, 5) is 19.1. The number of aromatic nitrogens is 3. The summed E-state index contributed by atoms with van der Waals surface area (Å²) in [6, 6.07) is 3.87. The fraction of sp³-hybridized carbons (Fsp3) is 0.550. The summed E-state index contributed by atoms with van der Waals surface area (Å²) in [7, 11) is 1.97. The average molecular weight is 354 g/mol. The van der Waals surface area contributed by atoms with Gasteiger partial charge in [0.2, 0.25) is 11.8 Å². The van der Waals surface area contributed by atoms with Gasteiger partial charge in [0.25, 0.3) is 0 Å². The SMILES string of the molecule is Cc1ccnc(OCc2nn(C)c3c2CN(C(=O)C2CCCC2)CC3)c1. The van der Waals surface area contributed by atoms with Crippen LogP contribution in [0.15, 0.2) is 18.3 Å². The van der Waals surface area contributed by atoms with Gasteiger partial charge in [0.05, 0.1) is 0 Å². The third kappa shape index (κ3) is 3.32. The Morgan fingerprint density at radius 2 is 2.15 bits per heavy atom. The highest BCUT2D eigenvalue weighted by molar-refractivity contribution is 5.79. The molecule has 2 aromatic rings. The Bertz CT molecular complexity index is 808. The summed E-state index contributed by atoms with van der Waals surface area (Å²) in [6.07, 6.45) is 7.07. The Hall–Kier alpha value is -2.37. The van der Waals surface area contributed by atoms with Gasteiger partial charge in [0.1, 0.15) is 12.3 Å². The van der Waals surface area contributed by atoms with E-state index in [-0.39, 0.29) is 5.92 Å². The van der Waals surface area contributed by atoms with E-state index in [0.717, 1.165) is 42.6 Å². The highest BCUT2D eigenvalue weighted by Crippen LogP contribution is 2.30. The molecule has 2 aromatic heterocycles. The van der Waals surface area contributed by atoms with Gasteiger partial charge in [0.15, 0.2) is 0 Å². The van der Waals surface area contributed by atoms with E-state index in [0.29, 0.717) is 24.9 Å². The molecule has 1 saturated carbocycles. The number of pyridine rings is 1. The number of ether oxygens (including phenoxy) is 1. The van der Waals surface area contributed by atoms with Gasteiger partial charge in [0, 0.05) is 56.0 Å². The van der Waals surface area contributed by atoms with Crippen LogP contribution >= 0.6 is 0 Å². The third-order valence-electron chi connectivity index (χ3n) is 5.59. The first-order valence-electron chi connectivity index (χ1n) is 9.49. The summed E-state index contributed by atoms with van der Waals surface area (Å²) < 4.78 is 7.80. The largest absolute Gasteiger partial charge is 0.471 e. The summed E-state index contributed by atoms with van der Waals surface area (Å²) >= 11 is 0. The number of hydrogen-bond acceptors (Lipinski definition) is 4. The topological polar surface area (TPSA) is 60.3 Å². The molecule has 0 bridgehead atoms. The van der Waals surface area contributed by atoms with Gasteiger partial charge in [-0.1, -0.05) is 12.8 Å². The van der Waals surface area contributed by atoms with Crippen molar-refractivity contribution in [2.75, 3.05) is 6.54 Å². The van der Waals surface area contributed by atoms with Gasteiger partial charge < -0.3 is 9.64 Å². The Morgan fingerprint density at radius 1 is 1.35 bits per heavy atom. The van der Waals surface area contributed by atoms with E-state index < -0.39 is 0 Å². The van der Waals surface area contributed by atoms with Crippen LogP contribution in [0.3, 0.4) is 0 Å². The van der Waals surface area contributed by atoms with E-state index >= 15 is 0 Å². The van der Waals surface area contributed by atoms with E-state index in [2.05, 4.69) is 10.1 Å². The maximum absolute atomic E-state index is 12.8. The first-order chi connectivity index (χ1) is 12.6. The number of rotatable bonds is 4. The Kier molecular flexibility index (Phi) is 4.66. The minimum atomic E-state index is 0.226. The average Bonchev–Trinajstić information content (AvgIpc) is 3.28. The second-order valence-electron chi connectivity index (χ2n) is 7.45. The monoisotopic (exact) mass is 354 g/mol. The zero-order valence-electron chi connectivity index (χ0n) is 15.6. The molecule has 0 N–H and O–H groups in total. The van der Waals surface area contributed by atoms with Crippen molar-refractivity contribution in [1.29, 1.82) is 0 Å². The second-order valence-corrected chi connectivity index (χ2v) is 7.45. The molecule has 0 unspecified atom stereocenters. The number of amides is 1. The van der Waals surface area contributed by atoms with Crippen LogP contribution in [-0.2, 0) is 31.4 Å². The van der Waals surface area contributed by atoms with Crippen molar-refractivity contribution in [3.63, 3.8) is 0 Å². The molecule has 0 saturated heterocycles. The molecule has 0 radical (unpaired) electrons. The first kappa shape index (κ1) is 17.1. The smallest absolute Gasteiger partial charge is 0.225 e. The molecule has 26 heavy (non-hydrogen) atoms. The lowest BCUT2D eigenvalue weighted by molar-refractivity contribution is -0.136. The van der Waals surface area contributed by atoms with Gasteiger partial charge in [-0.3, -0.25) is 9.48 Å². The zero-order valence-corrected chi connectivity index (χ0v) is 15.6. The molecule has 4 rings (SSSR count). The van der Waals surface area contributed by atoms with Crippen LogP contribution in [0.5, 0.6) is 5.88 Å². The highest BCUT2D eigenvalue weighted by atomic mass is 16.5. The van der Waals surface area contributed by atoms with Gasteiger partial charge in [-0.25, -0.2) is 4.98 Å².